The van der Waals surface area contributed by atoms with Crippen LogP contribution < -0.4 is 0 Å². The van der Waals surface area contributed by atoms with Crippen molar-refractivity contribution in [3.63, 3.8) is 0 Å². The summed E-state index contributed by atoms with van der Waals surface area (Å²) in [6.45, 7) is 3.96. The van der Waals surface area contributed by atoms with Gasteiger partial charge in [-0.25, -0.2) is 0 Å². The zero-order chi connectivity index (χ0) is 39.9. The van der Waals surface area contributed by atoms with Gasteiger partial charge in [0.05, 0.1) is 0 Å². The molecule has 0 heterocycles. The summed E-state index contributed by atoms with van der Waals surface area (Å²) in [5, 5.41) is 21.5. The average Bonchev–Trinajstić information content (AvgIpc) is 3.29. The van der Waals surface area contributed by atoms with Gasteiger partial charge in [0, 0.05) is 16.7 Å². The highest BCUT2D eigenvalue weighted by atomic mass is 16.3. The van der Waals surface area contributed by atoms with Crippen molar-refractivity contribution < 1.29 is 10.2 Å². The van der Waals surface area contributed by atoms with Crippen LogP contribution in [0.1, 0.15) is 38.9 Å². The predicted molar refractivity (Wildman–Crippen MR) is 249 cm³/mol. The summed E-state index contributed by atoms with van der Waals surface area (Å²) in [6, 6.07) is 66.8. The van der Waals surface area contributed by atoms with Gasteiger partial charge in [-0.15, -0.1) is 0 Å². The zero-order valence-electron chi connectivity index (χ0n) is 32.2. The number of phenols is 2. The lowest BCUT2D eigenvalue weighted by Crippen LogP contribution is -1.94. The second kappa shape index (κ2) is 19.3. The molecule has 0 radical (unpaired) electrons. The Bertz CT molecular complexity index is 2640. The minimum absolute atomic E-state index is 0.238. The van der Waals surface area contributed by atoms with Gasteiger partial charge >= 0.3 is 0 Å². The van der Waals surface area contributed by atoms with Crippen molar-refractivity contribution in [2.24, 2.45) is 0 Å². The second-order valence-electron chi connectivity index (χ2n) is 13.6. The van der Waals surface area contributed by atoms with Crippen LogP contribution in [0.3, 0.4) is 0 Å². The summed E-state index contributed by atoms with van der Waals surface area (Å²) in [5.74, 6) is 0.499. The van der Waals surface area contributed by atoms with Crippen LogP contribution >= 0.6 is 0 Å². The third-order valence-corrected chi connectivity index (χ3v) is 9.80. The maximum atomic E-state index is 10.8. The van der Waals surface area contributed by atoms with Crippen molar-refractivity contribution >= 4 is 42.5 Å². The topological polar surface area (TPSA) is 40.5 Å². The lowest BCUT2D eigenvalue weighted by molar-refractivity contribution is 0.473. The Hall–Kier alpha value is -7.68. The van der Waals surface area contributed by atoms with Gasteiger partial charge in [0.25, 0.3) is 0 Å². The molecule has 8 rings (SSSR count). The molecule has 0 atom stereocenters. The van der Waals surface area contributed by atoms with Crippen LogP contribution in [0.15, 0.2) is 207 Å². The molecule has 0 saturated carbocycles. The summed E-state index contributed by atoms with van der Waals surface area (Å²) in [7, 11) is 0. The maximum Gasteiger partial charge on any atom is 0.124 e. The Labute approximate surface area is 342 Å². The van der Waals surface area contributed by atoms with E-state index in [0.717, 1.165) is 72.3 Å². The molecule has 0 saturated heterocycles. The highest BCUT2D eigenvalue weighted by Gasteiger charge is 2.20. The first kappa shape index (κ1) is 38.6. The van der Waals surface area contributed by atoms with E-state index in [0.29, 0.717) is 0 Å². The third-order valence-electron chi connectivity index (χ3n) is 9.80. The molecular formula is C56H44O2. The fraction of sp³-hybridized carbons (Fsp3) is 0. The summed E-state index contributed by atoms with van der Waals surface area (Å²) in [5.41, 5.74) is 13.2. The fourth-order valence-corrected chi connectivity index (χ4v) is 6.93. The minimum Gasteiger partial charge on any atom is -0.507 e. The molecule has 0 aliphatic carbocycles. The summed E-state index contributed by atoms with van der Waals surface area (Å²) in [6.07, 6.45) is 14.1. The molecule has 2 N–H and O–H groups in total. The highest BCUT2D eigenvalue weighted by molar-refractivity contribution is 6.00. The Morgan fingerprint density at radius 3 is 1.19 bits per heavy atom. The Kier molecular flexibility index (Phi) is 12.8. The van der Waals surface area contributed by atoms with Crippen molar-refractivity contribution in [2.75, 3.05) is 0 Å². The summed E-state index contributed by atoms with van der Waals surface area (Å²) in [4.78, 5) is 0. The lowest BCUT2D eigenvalue weighted by atomic mass is 9.84. The standard InChI is InChI=1S/C30H24O.C26H20O/c31-30-23-20-27(19-16-24-10-4-1-5-11-24)28(21-17-25-12-6-2-7-13-25)29(30)22-18-26-14-8-3-9-15-26;1-2-22-24(27)18-23(19-12-6-3-7-13-19)26(21-16-10-5-11-17-21)25(22)20-14-8-4-9-15-20/h1-23,31H;2-18,27H,1H2. The number of hydrogen-bond donors (Lipinski definition) is 2. The Balaban J connectivity index is 0.000000178. The molecule has 8 aromatic rings. The van der Waals surface area contributed by atoms with Crippen LogP contribution in [-0.4, -0.2) is 10.2 Å². The molecular weight excluding hydrogens is 705 g/mol. The number of rotatable bonds is 10. The first-order chi connectivity index (χ1) is 28.6. The molecule has 0 bridgehead atoms. The molecule has 0 aliphatic rings. The largest absolute Gasteiger partial charge is 0.507 e. The van der Waals surface area contributed by atoms with Crippen molar-refractivity contribution in [3.05, 3.63) is 246 Å². The zero-order valence-corrected chi connectivity index (χ0v) is 32.2. The number of phenolic OH excluding ortho intramolecular Hbond substituents is 2. The molecule has 2 heteroatoms. The van der Waals surface area contributed by atoms with Gasteiger partial charge in [-0.1, -0.05) is 237 Å². The first-order valence-corrected chi connectivity index (χ1v) is 19.3. The van der Waals surface area contributed by atoms with E-state index in [1.54, 1.807) is 12.1 Å². The monoisotopic (exact) mass is 748 g/mol. The smallest absolute Gasteiger partial charge is 0.124 e. The van der Waals surface area contributed by atoms with Gasteiger partial charge in [0.1, 0.15) is 11.5 Å². The van der Waals surface area contributed by atoms with E-state index in [4.69, 9.17) is 0 Å². The SMILES string of the molecule is C=Cc1c(O)cc(-c2ccccc2)c(-c2ccccc2)c1-c1ccccc1.Oc1ccc(C=Cc2ccccc2)c(C=Cc2ccccc2)c1C=Cc1ccccc1. The number of hydrogen-bond acceptors (Lipinski definition) is 2. The molecule has 0 amide bonds. The van der Waals surface area contributed by atoms with E-state index < -0.39 is 0 Å². The Morgan fingerprint density at radius 2 is 0.724 bits per heavy atom. The number of benzene rings is 8. The third kappa shape index (κ3) is 9.57. The van der Waals surface area contributed by atoms with Crippen LogP contribution in [0.4, 0.5) is 0 Å². The van der Waals surface area contributed by atoms with Crippen molar-refractivity contribution in [1.82, 2.24) is 0 Å². The van der Waals surface area contributed by atoms with Crippen LogP contribution in [0.25, 0.3) is 75.9 Å². The quantitative estimate of drug-likeness (QED) is 0.137. The molecule has 0 aromatic heterocycles. The fourth-order valence-electron chi connectivity index (χ4n) is 6.93. The van der Waals surface area contributed by atoms with E-state index in [9.17, 15) is 10.2 Å². The van der Waals surface area contributed by atoms with Crippen LogP contribution in [-0.2, 0) is 0 Å². The van der Waals surface area contributed by atoms with E-state index in [2.05, 4.69) is 91.5 Å². The highest BCUT2D eigenvalue weighted by Crippen LogP contribution is 2.46. The van der Waals surface area contributed by atoms with E-state index in [-0.39, 0.29) is 11.5 Å². The molecule has 8 aromatic carbocycles. The van der Waals surface area contributed by atoms with Crippen molar-refractivity contribution in [3.8, 4) is 44.9 Å². The van der Waals surface area contributed by atoms with E-state index in [1.807, 2.05) is 146 Å². The molecule has 2 nitrogen and oxygen atoms in total. The van der Waals surface area contributed by atoms with Crippen molar-refractivity contribution in [2.45, 2.75) is 0 Å². The number of aromatic hydroxyl groups is 2. The van der Waals surface area contributed by atoms with Crippen molar-refractivity contribution in [1.29, 1.82) is 0 Å². The van der Waals surface area contributed by atoms with Crippen LogP contribution in [0.5, 0.6) is 11.5 Å². The molecule has 58 heavy (non-hydrogen) atoms. The maximum absolute atomic E-state index is 10.8. The summed E-state index contributed by atoms with van der Waals surface area (Å²) < 4.78 is 0. The molecule has 0 aliphatic heterocycles. The Morgan fingerprint density at radius 1 is 0.328 bits per heavy atom. The average molecular weight is 749 g/mol. The van der Waals surface area contributed by atoms with Gasteiger partial charge < -0.3 is 10.2 Å². The van der Waals surface area contributed by atoms with Gasteiger partial charge in [-0.2, -0.15) is 0 Å². The van der Waals surface area contributed by atoms with E-state index in [1.165, 1.54) is 0 Å². The second-order valence-corrected chi connectivity index (χ2v) is 13.6. The van der Waals surface area contributed by atoms with Gasteiger partial charge in [-0.05, 0) is 67.8 Å². The van der Waals surface area contributed by atoms with E-state index >= 15 is 0 Å². The van der Waals surface area contributed by atoms with Crippen LogP contribution in [0.2, 0.25) is 0 Å². The molecule has 0 spiro atoms. The first-order valence-electron chi connectivity index (χ1n) is 19.3. The molecule has 0 unspecified atom stereocenters. The normalized spacial score (nSPS) is 11.1. The lowest BCUT2D eigenvalue weighted by Gasteiger charge is -2.20. The van der Waals surface area contributed by atoms with Gasteiger partial charge in [0.2, 0.25) is 0 Å². The van der Waals surface area contributed by atoms with Crippen LogP contribution in [0, 0.1) is 0 Å². The minimum atomic E-state index is 0.238. The van der Waals surface area contributed by atoms with Gasteiger partial charge in [-0.3, -0.25) is 0 Å². The predicted octanol–water partition coefficient (Wildman–Crippen LogP) is 14.9. The summed E-state index contributed by atoms with van der Waals surface area (Å²) >= 11 is 0. The van der Waals surface area contributed by atoms with Gasteiger partial charge in [0.15, 0.2) is 0 Å². The molecule has 0 fully saturated rings. The molecule has 280 valence electrons.